The number of carbonyl (C=O) groups is 1. The van der Waals surface area contributed by atoms with E-state index in [4.69, 9.17) is 5.11 Å². The first-order chi connectivity index (χ1) is 7.30. The highest BCUT2D eigenvalue weighted by atomic mass is 32.2. The Hall–Kier alpha value is -0.870. The molecule has 0 bridgehead atoms. The molecule has 2 aromatic heterocycles. The first-order valence-corrected chi connectivity index (χ1v) is 6.70. The lowest BCUT2D eigenvalue weighted by molar-refractivity contribution is 0.0701. The molecule has 86 valence electrons. The van der Waals surface area contributed by atoms with Crippen LogP contribution in [0.5, 0.6) is 0 Å². The molecule has 0 saturated heterocycles. The van der Waals surface area contributed by atoms with Gasteiger partial charge in [0.25, 0.3) is 0 Å². The highest BCUT2D eigenvalue weighted by Gasteiger charge is 2.21. The van der Waals surface area contributed by atoms with E-state index < -0.39 is 5.97 Å². The molecule has 2 aromatic rings. The average molecular weight is 254 g/mol. The van der Waals surface area contributed by atoms with Crippen LogP contribution in [0.25, 0.3) is 9.40 Å². The Kier molecular flexibility index (Phi) is 2.59. The van der Waals surface area contributed by atoms with Crippen LogP contribution in [0.4, 0.5) is 0 Å². The van der Waals surface area contributed by atoms with Gasteiger partial charge >= 0.3 is 5.97 Å². The zero-order valence-electron chi connectivity index (χ0n) is 9.75. The molecule has 0 aromatic carbocycles. The van der Waals surface area contributed by atoms with E-state index in [1.807, 2.05) is 6.92 Å². The van der Waals surface area contributed by atoms with Crippen LogP contribution in [0.15, 0.2) is 6.07 Å². The summed E-state index contributed by atoms with van der Waals surface area (Å²) in [7, 11) is 0. The van der Waals surface area contributed by atoms with Gasteiger partial charge in [-0.3, -0.25) is 0 Å². The van der Waals surface area contributed by atoms with Gasteiger partial charge in [-0.1, -0.05) is 20.8 Å². The van der Waals surface area contributed by atoms with Gasteiger partial charge in [0.05, 0.1) is 4.01 Å². The Morgan fingerprint density at radius 2 is 1.94 bits per heavy atom. The van der Waals surface area contributed by atoms with Gasteiger partial charge in [0.2, 0.25) is 0 Å². The van der Waals surface area contributed by atoms with Crippen molar-refractivity contribution in [3.8, 4) is 0 Å². The smallest absolute Gasteiger partial charge is 0.346 e. The van der Waals surface area contributed by atoms with Crippen molar-refractivity contribution in [3.05, 3.63) is 21.4 Å². The van der Waals surface area contributed by atoms with Crippen molar-refractivity contribution < 1.29 is 9.90 Å². The minimum absolute atomic E-state index is 0.138. The van der Waals surface area contributed by atoms with Crippen LogP contribution in [-0.2, 0) is 5.41 Å². The topological polar surface area (TPSA) is 37.3 Å². The molecule has 0 aliphatic rings. The van der Waals surface area contributed by atoms with Crippen molar-refractivity contribution in [1.82, 2.24) is 0 Å². The summed E-state index contributed by atoms with van der Waals surface area (Å²) in [4.78, 5) is 12.8. The van der Waals surface area contributed by atoms with Crippen LogP contribution >= 0.6 is 22.7 Å². The maximum absolute atomic E-state index is 11.0. The molecule has 0 unspecified atom stereocenters. The third kappa shape index (κ3) is 1.76. The number of hydrogen-bond acceptors (Lipinski definition) is 3. The van der Waals surface area contributed by atoms with Crippen LogP contribution in [0.1, 0.15) is 40.9 Å². The van der Waals surface area contributed by atoms with E-state index in [1.54, 1.807) is 11.3 Å². The van der Waals surface area contributed by atoms with E-state index in [9.17, 15) is 4.79 Å². The van der Waals surface area contributed by atoms with Gasteiger partial charge in [-0.05, 0) is 24.0 Å². The molecule has 2 rings (SSSR count). The lowest BCUT2D eigenvalue weighted by Gasteiger charge is -2.15. The molecular weight excluding hydrogens is 240 g/mol. The van der Waals surface area contributed by atoms with Crippen LogP contribution in [0.2, 0.25) is 0 Å². The Labute approximate surface area is 103 Å². The number of fused-ring (bicyclic) bond motifs is 1. The molecule has 0 atom stereocenters. The Morgan fingerprint density at radius 1 is 1.31 bits per heavy atom. The molecule has 16 heavy (non-hydrogen) atoms. The van der Waals surface area contributed by atoms with Crippen LogP contribution in [0, 0.1) is 6.92 Å². The van der Waals surface area contributed by atoms with Crippen LogP contribution in [-0.4, -0.2) is 11.1 Å². The first-order valence-electron chi connectivity index (χ1n) is 5.07. The third-order valence-corrected chi connectivity index (χ3v) is 5.52. The minimum atomic E-state index is -0.816. The number of hydrogen-bond donors (Lipinski definition) is 1. The van der Waals surface area contributed by atoms with Gasteiger partial charge in [0.1, 0.15) is 4.88 Å². The Balaban J connectivity index is 2.63. The highest BCUT2D eigenvalue weighted by Crippen LogP contribution is 2.41. The molecule has 0 aliphatic carbocycles. The molecule has 0 amide bonds. The fraction of sp³-hybridized carbons (Fsp3) is 0.417. The minimum Gasteiger partial charge on any atom is -0.477 e. The molecule has 0 saturated carbocycles. The fourth-order valence-corrected chi connectivity index (χ4v) is 4.13. The van der Waals surface area contributed by atoms with Crippen LogP contribution in [0.3, 0.4) is 0 Å². The maximum atomic E-state index is 11.0. The number of carboxylic acid groups (broad SMARTS) is 1. The summed E-state index contributed by atoms with van der Waals surface area (Å²) < 4.78 is 1.12. The Morgan fingerprint density at radius 3 is 2.38 bits per heavy atom. The van der Waals surface area contributed by atoms with Gasteiger partial charge in [-0.15, -0.1) is 22.7 Å². The predicted molar refractivity (Wildman–Crippen MR) is 70.1 cm³/mol. The summed E-state index contributed by atoms with van der Waals surface area (Å²) >= 11 is 3.10. The largest absolute Gasteiger partial charge is 0.477 e. The summed E-state index contributed by atoms with van der Waals surface area (Å²) in [5.74, 6) is -0.816. The lowest BCUT2D eigenvalue weighted by Crippen LogP contribution is -2.07. The average Bonchev–Trinajstić information content (AvgIpc) is 2.64. The maximum Gasteiger partial charge on any atom is 0.346 e. The molecule has 2 heterocycles. The van der Waals surface area contributed by atoms with Crippen molar-refractivity contribution in [2.75, 3.05) is 0 Å². The standard InChI is InChI=1S/C12H14O2S2/c1-6-7-5-8(12(2,3)4)15-11(7)16-9(6)10(13)14/h5H,1-4H3,(H,13,14). The molecule has 2 nitrogen and oxygen atoms in total. The predicted octanol–water partition coefficient (Wildman–Crippen LogP) is 4.27. The number of thiophene rings is 2. The number of rotatable bonds is 1. The van der Waals surface area contributed by atoms with Crippen molar-refractivity contribution in [3.63, 3.8) is 0 Å². The quantitative estimate of drug-likeness (QED) is 0.825. The molecule has 0 radical (unpaired) electrons. The van der Waals surface area contributed by atoms with Gasteiger partial charge in [0.15, 0.2) is 0 Å². The molecule has 4 heteroatoms. The summed E-state index contributed by atoms with van der Waals surface area (Å²) in [5.41, 5.74) is 1.04. The van der Waals surface area contributed by atoms with E-state index in [-0.39, 0.29) is 5.41 Å². The second-order valence-electron chi connectivity index (χ2n) is 4.92. The second-order valence-corrected chi connectivity index (χ2v) is 7.25. The fourth-order valence-electron chi connectivity index (χ4n) is 1.58. The monoisotopic (exact) mass is 254 g/mol. The molecule has 0 spiro atoms. The zero-order valence-corrected chi connectivity index (χ0v) is 11.4. The molecule has 1 N–H and O–H groups in total. The van der Waals surface area contributed by atoms with Crippen molar-refractivity contribution in [1.29, 1.82) is 0 Å². The first kappa shape index (κ1) is 11.6. The van der Waals surface area contributed by atoms with E-state index in [2.05, 4.69) is 26.8 Å². The number of carboxylic acids is 1. The van der Waals surface area contributed by atoms with Crippen molar-refractivity contribution >= 4 is 38.0 Å². The summed E-state index contributed by atoms with van der Waals surface area (Å²) in [6, 6.07) is 2.14. The van der Waals surface area contributed by atoms with E-state index in [0.29, 0.717) is 4.88 Å². The van der Waals surface area contributed by atoms with Gasteiger partial charge in [0, 0.05) is 10.3 Å². The molecule has 0 aliphatic heterocycles. The van der Waals surface area contributed by atoms with Gasteiger partial charge in [-0.2, -0.15) is 0 Å². The third-order valence-electron chi connectivity index (χ3n) is 2.57. The summed E-state index contributed by atoms with van der Waals surface area (Å²) in [5, 5.41) is 10.1. The van der Waals surface area contributed by atoms with E-state index in [1.165, 1.54) is 16.2 Å². The lowest BCUT2D eigenvalue weighted by atomic mass is 9.94. The Bertz CT molecular complexity index is 555. The van der Waals surface area contributed by atoms with E-state index >= 15 is 0 Å². The number of aromatic carboxylic acids is 1. The van der Waals surface area contributed by atoms with Crippen molar-refractivity contribution in [2.45, 2.75) is 33.1 Å². The molecule has 0 fully saturated rings. The zero-order chi connectivity index (χ0) is 12.1. The molecular formula is C12H14O2S2. The van der Waals surface area contributed by atoms with Crippen molar-refractivity contribution in [2.24, 2.45) is 0 Å². The van der Waals surface area contributed by atoms with Gasteiger partial charge < -0.3 is 5.11 Å². The summed E-state index contributed by atoms with van der Waals surface area (Å²) in [6.07, 6.45) is 0. The number of aryl methyl sites for hydroxylation is 1. The normalized spacial score (nSPS) is 12.2. The highest BCUT2D eigenvalue weighted by molar-refractivity contribution is 7.39. The SMILES string of the molecule is Cc1c(C(=O)O)sc2sc(C(C)(C)C)cc12. The van der Waals surface area contributed by atoms with Gasteiger partial charge in [-0.25, -0.2) is 4.79 Å². The second kappa shape index (κ2) is 3.57. The summed E-state index contributed by atoms with van der Waals surface area (Å²) in [6.45, 7) is 8.42. The van der Waals surface area contributed by atoms with Crippen LogP contribution < -0.4 is 0 Å². The van der Waals surface area contributed by atoms with E-state index in [0.717, 1.165) is 15.0 Å².